The zero-order chi connectivity index (χ0) is 18.8. The number of hydrogen-bond acceptors (Lipinski definition) is 6. The van der Waals surface area contributed by atoms with Gasteiger partial charge in [-0.1, -0.05) is 29.8 Å². The molecule has 0 bridgehead atoms. The van der Waals surface area contributed by atoms with Crippen molar-refractivity contribution >= 4 is 34.8 Å². The van der Waals surface area contributed by atoms with E-state index in [1.54, 1.807) is 6.21 Å². The van der Waals surface area contributed by atoms with Gasteiger partial charge < -0.3 is 9.47 Å². The van der Waals surface area contributed by atoms with Crippen LogP contribution in [0.2, 0.25) is 5.28 Å². The minimum absolute atomic E-state index is 0.186. The van der Waals surface area contributed by atoms with Gasteiger partial charge in [0.25, 0.3) is 0 Å². The van der Waals surface area contributed by atoms with E-state index in [-0.39, 0.29) is 5.28 Å². The average molecular weight is 384 g/mol. The third-order valence-electron chi connectivity index (χ3n) is 4.90. The summed E-state index contributed by atoms with van der Waals surface area (Å²) in [6.45, 7) is 4.18. The Morgan fingerprint density at radius 3 is 2.85 bits per heavy atom. The lowest BCUT2D eigenvalue weighted by atomic mass is 10.1. The Hall–Kier alpha value is -2.51. The van der Waals surface area contributed by atoms with Gasteiger partial charge in [0.1, 0.15) is 0 Å². The predicted octanol–water partition coefficient (Wildman–Crippen LogP) is 3.50. The van der Waals surface area contributed by atoms with E-state index in [2.05, 4.69) is 48.1 Å². The van der Waals surface area contributed by atoms with Crippen LogP contribution in [0.5, 0.6) is 0 Å². The van der Waals surface area contributed by atoms with Gasteiger partial charge in [-0.25, -0.2) is 4.98 Å². The second-order valence-electron chi connectivity index (χ2n) is 6.98. The number of likely N-dealkylation sites (tertiary alicyclic amines) is 1. The second kappa shape index (κ2) is 7.62. The number of anilines is 1. The van der Waals surface area contributed by atoms with Gasteiger partial charge in [-0.15, -0.1) is 0 Å². The van der Waals surface area contributed by atoms with Crippen LogP contribution in [-0.4, -0.2) is 50.8 Å². The molecule has 1 aliphatic rings. The fourth-order valence-electron chi connectivity index (χ4n) is 3.43. The van der Waals surface area contributed by atoms with E-state index in [4.69, 9.17) is 11.6 Å². The van der Waals surface area contributed by atoms with E-state index in [9.17, 15) is 0 Å². The summed E-state index contributed by atoms with van der Waals surface area (Å²) in [5.74, 6) is 0.514. The van der Waals surface area contributed by atoms with Gasteiger partial charge in [-0.2, -0.15) is 15.1 Å². The monoisotopic (exact) mass is 383 g/mol. The molecule has 1 N–H and O–H groups in total. The first-order valence-corrected chi connectivity index (χ1v) is 9.42. The minimum atomic E-state index is 0.186. The molecule has 7 nitrogen and oxygen atoms in total. The second-order valence-corrected chi connectivity index (χ2v) is 7.32. The van der Waals surface area contributed by atoms with Crippen molar-refractivity contribution in [3.8, 4) is 0 Å². The van der Waals surface area contributed by atoms with Gasteiger partial charge in [0.05, 0.1) is 12.5 Å². The highest BCUT2D eigenvalue weighted by atomic mass is 35.5. The summed E-state index contributed by atoms with van der Waals surface area (Å²) in [5, 5.41) is 4.48. The summed E-state index contributed by atoms with van der Waals surface area (Å²) in [7, 11) is 2.15. The highest BCUT2D eigenvalue weighted by molar-refractivity contribution is 6.28. The van der Waals surface area contributed by atoms with Crippen molar-refractivity contribution in [2.24, 2.45) is 5.10 Å². The van der Waals surface area contributed by atoms with Crippen LogP contribution in [0.15, 0.2) is 35.7 Å². The smallest absolute Gasteiger partial charge is 0.226 e. The molecular weight excluding hydrogens is 362 g/mol. The Morgan fingerprint density at radius 1 is 1.26 bits per heavy atom. The molecule has 27 heavy (non-hydrogen) atoms. The Morgan fingerprint density at radius 2 is 2.07 bits per heavy atom. The third kappa shape index (κ3) is 3.94. The summed E-state index contributed by atoms with van der Waals surface area (Å²) in [6.07, 6.45) is 5.72. The number of halogens is 1. The first-order chi connectivity index (χ1) is 13.1. The number of nitrogens with zero attached hydrogens (tertiary/aromatic N) is 6. The van der Waals surface area contributed by atoms with E-state index < -0.39 is 0 Å². The maximum absolute atomic E-state index is 6.17. The summed E-state index contributed by atoms with van der Waals surface area (Å²) in [6, 6.07) is 8.48. The molecule has 0 saturated carbocycles. The van der Waals surface area contributed by atoms with E-state index in [0.29, 0.717) is 17.4 Å². The van der Waals surface area contributed by atoms with Crippen molar-refractivity contribution < 1.29 is 0 Å². The quantitative estimate of drug-likeness (QED) is 0.424. The number of rotatable bonds is 4. The fraction of sp³-hybridized carbons (Fsp3) is 0.368. The highest BCUT2D eigenvalue weighted by Gasteiger charge is 2.22. The van der Waals surface area contributed by atoms with Crippen LogP contribution in [0.1, 0.15) is 30.0 Å². The molecule has 3 heterocycles. The van der Waals surface area contributed by atoms with Crippen molar-refractivity contribution in [3.63, 3.8) is 0 Å². The molecule has 1 aliphatic heterocycles. The van der Waals surface area contributed by atoms with Crippen molar-refractivity contribution in [2.75, 3.05) is 25.6 Å². The zero-order valence-electron chi connectivity index (χ0n) is 15.4. The Balaban J connectivity index is 1.60. The van der Waals surface area contributed by atoms with Crippen molar-refractivity contribution in [1.29, 1.82) is 0 Å². The predicted molar refractivity (Wildman–Crippen MR) is 108 cm³/mol. The van der Waals surface area contributed by atoms with Crippen LogP contribution in [0.3, 0.4) is 0 Å². The number of fused-ring (bicyclic) bond motifs is 1. The van der Waals surface area contributed by atoms with Crippen molar-refractivity contribution in [3.05, 3.63) is 47.0 Å². The van der Waals surface area contributed by atoms with Gasteiger partial charge >= 0.3 is 0 Å². The summed E-state index contributed by atoms with van der Waals surface area (Å²) < 4.78 is 2.12. The number of hydrazone groups is 1. The molecule has 0 aliphatic carbocycles. The lowest BCUT2D eigenvalue weighted by Gasteiger charge is -2.29. The molecular formula is C19H22ClN7. The lowest BCUT2D eigenvalue weighted by Crippen LogP contribution is -2.31. The first kappa shape index (κ1) is 17.9. The maximum atomic E-state index is 6.17. The van der Waals surface area contributed by atoms with E-state index in [1.165, 1.54) is 5.56 Å². The van der Waals surface area contributed by atoms with Gasteiger partial charge in [-0.3, -0.25) is 5.43 Å². The molecule has 0 unspecified atom stereocenters. The van der Waals surface area contributed by atoms with Crippen LogP contribution in [0.25, 0.3) is 11.2 Å². The maximum Gasteiger partial charge on any atom is 0.226 e. The summed E-state index contributed by atoms with van der Waals surface area (Å²) in [5.41, 5.74) is 6.59. The molecule has 3 aromatic rings. The molecule has 0 atom stereocenters. The highest BCUT2D eigenvalue weighted by Crippen LogP contribution is 2.28. The molecule has 0 spiro atoms. The normalized spacial score (nSPS) is 16.4. The summed E-state index contributed by atoms with van der Waals surface area (Å²) >= 11 is 6.17. The van der Waals surface area contributed by atoms with Gasteiger partial charge in [0.2, 0.25) is 5.28 Å². The van der Waals surface area contributed by atoms with Crippen LogP contribution >= 0.6 is 11.6 Å². The molecule has 0 radical (unpaired) electrons. The Labute approximate surface area is 163 Å². The molecule has 0 amide bonds. The minimum Gasteiger partial charge on any atom is -0.312 e. The molecule has 4 rings (SSSR count). The Kier molecular flexibility index (Phi) is 5.05. The van der Waals surface area contributed by atoms with E-state index in [1.807, 2.05) is 31.5 Å². The number of benzene rings is 1. The lowest BCUT2D eigenvalue weighted by molar-refractivity contribution is 0.223. The topological polar surface area (TPSA) is 71.2 Å². The molecule has 1 saturated heterocycles. The van der Waals surface area contributed by atoms with E-state index >= 15 is 0 Å². The number of imidazole rings is 1. The fourth-order valence-corrected chi connectivity index (χ4v) is 3.59. The van der Waals surface area contributed by atoms with E-state index in [0.717, 1.165) is 37.1 Å². The number of hydrogen-bond donors (Lipinski definition) is 1. The molecule has 140 valence electrons. The number of piperidine rings is 1. The molecule has 2 aromatic heterocycles. The van der Waals surface area contributed by atoms with Gasteiger partial charge in [-0.05, 0) is 57.1 Å². The number of nitrogens with one attached hydrogen (secondary N) is 1. The number of aryl methyl sites for hydroxylation is 1. The molecule has 1 aromatic carbocycles. The zero-order valence-corrected chi connectivity index (χ0v) is 16.2. The van der Waals surface area contributed by atoms with Crippen LogP contribution < -0.4 is 5.43 Å². The van der Waals surface area contributed by atoms with Crippen molar-refractivity contribution in [1.82, 2.24) is 24.4 Å². The van der Waals surface area contributed by atoms with Crippen LogP contribution in [0.4, 0.5) is 5.82 Å². The molecule has 1 fully saturated rings. The van der Waals surface area contributed by atoms with Gasteiger partial charge in [0.15, 0.2) is 17.0 Å². The first-order valence-electron chi connectivity index (χ1n) is 9.04. The van der Waals surface area contributed by atoms with Crippen LogP contribution in [0, 0.1) is 6.92 Å². The SMILES string of the molecule is Cc1cccc(/C=N/Nc2nc(Cl)nc3c2ncn3C2CCN(C)CC2)c1. The Bertz CT molecular complexity index is 973. The molecule has 8 heteroatoms. The number of aromatic nitrogens is 4. The summed E-state index contributed by atoms with van der Waals surface area (Å²) in [4.78, 5) is 15.5. The van der Waals surface area contributed by atoms with Crippen molar-refractivity contribution in [2.45, 2.75) is 25.8 Å². The largest absolute Gasteiger partial charge is 0.312 e. The van der Waals surface area contributed by atoms with Crippen LogP contribution in [-0.2, 0) is 0 Å². The average Bonchev–Trinajstić information content (AvgIpc) is 3.06. The standard InChI is InChI=1S/C19H22ClN7/c1-13-4-3-5-14(10-13)11-22-25-17-16-18(24-19(20)23-17)27(12-21-16)15-6-8-26(2)9-7-15/h3-5,10-12,15H,6-9H2,1-2H3,(H,23,24,25)/b22-11+. The van der Waals surface area contributed by atoms with Gasteiger partial charge in [0, 0.05) is 6.04 Å². The third-order valence-corrected chi connectivity index (χ3v) is 5.07.